The van der Waals surface area contributed by atoms with E-state index in [2.05, 4.69) is 9.35 Å². The van der Waals surface area contributed by atoms with Crippen molar-refractivity contribution in [3.05, 3.63) is 11.2 Å². The molecule has 2 heterocycles. The van der Waals surface area contributed by atoms with Crippen molar-refractivity contribution in [1.82, 2.24) is 4.98 Å². The van der Waals surface area contributed by atoms with Crippen molar-refractivity contribution in [2.45, 2.75) is 4.21 Å². The van der Waals surface area contributed by atoms with Gasteiger partial charge in [0.25, 0.3) is 0 Å². The Morgan fingerprint density at radius 3 is 3.00 bits per heavy atom. The van der Waals surface area contributed by atoms with Crippen LogP contribution in [0.2, 0.25) is 0 Å². The van der Waals surface area contributed by atoms with Crippen LogP contribution in [0.5, 0.6) is 0 Å². The fourth-order valence-electron chi connectivity index (χ4n) is 0.890. The molecule has 11 heavy (non-hydrogen) atoms. The van der Waals surface area contributed by atoms with E-state index in [1.54, 1.807) is 0 Å². The Morgan fingerprint density at radius 2 is 2.36 bits per heavy atom. The molecular formula is C5H4N2O2S2. The van der Waals surface area contributed by atoms with Gasteiger partial charge in [-0.05, 0) is 0 Å². The Morgan fingerprint density at radius 1 is 1.64 bits per heavy atom. The number of nitrogens with zero attached hydrogens (tertiary/aromatic N) is 2. The van der Waals surface area contributed by atoms with Crippen LogP contribution in [-0.4, -0.2) is 21.4 Å². The highest BCUT2D eigenvalue weighted by atomic mass is 32.2. The lowest BCUT2D eigenvalue weighted by Crippen LogP contribution is -1.89. The van der Waals surface area contributed by atoms with Crippen LogP contribution in [0.15, 0.2) is 14.1 Å². The lowest BCUT2D eigenvalue weighted by Gasteiger charge is -1.87. The maximum atomic E-state index is 11.5. The molecule has 0 radical (unpaired) electrons. The fourth-order valence-corrected chi connectivity index (χ4v) is 3.33. The average Bonchev–Trinajstić information content (AvgIpc) is 2.37. The van der Waals surface area contributed by atoms with E-state index in [1.807, 2.05) is 0 Å². The predicted octanol–water partition coefficient (Wildman–Crippen LogP) is 0.754. The monoisotopic (exact) mass is 188 g/mol. The minimum atomic E-state index is -2.43. The van der Waals surface area contributed by atoms with Crippen molar-refractivity contribution in [2.75, 3.05) is 6.26 Å². The van der Waals surface area contributed by atoms with Crippen LogP contribution in [0.25, 0.3) is 0 Å². The van der Waals surface area contributed by atoms with Crippen molar-refractivity contribution in [3.8, 4) is 0 Å². The first-order valence-corrected chi connectivity index (χ1v) is 5.61. The summed E-state index contributed by atoms with van der Waals surface area (Å²) in [4.78, 5) is 14.7. The van der Waals surface area contributed by atoms with Crippen LogP contribution in [0, 0.1) is 0 Å². The van der Waals surface area contributed by atoms with Crippen molar-refractivity contribution >= 4 is 27.0 Å². The number of carbonyl (C=O) groups excluding carboxylic acids is 1. The minimum absolute atomic E-state index is 0.266. The van der Waals surface area contributed by atoms with Crippen LogP contribution in [0.1, 0.15) is 10.5 Å². The second-order valence-electron chi connectivity index (χ2n) is 2.19. The molecule has 4 nitrogen and oxygen atoms in total. The van der Waals surface area contributed by atoms with E-state index < -0.39 is 15.6 Å². The molecule has 1 unspecified atom stereocenters. The van der Waals surface area contributed by atoms with Gasteiger partial charge in [0, 0.05) is 6.26 Å². The van der Waals surface area contributed by atoms with E-state index in [0.717, 1.165) is 0 Å². The van der Waals surface area contributed by atoms with Gasteiger partial charge < -0.3 is 0 Å². The summed E-state index contributed by atoms with van der Waals surface area (Å²) in [5.41, 5.74) is 1.78. The lowest BCUT2D eigenvalue weighted by molar-refractivity contribution is 0.100. The number of hydrogen-bond donors (Lipinski definition) is 0. The van der Waals surface area contributed by atoms with Crippen LogP contribution < -0.4 is 0 Å². The highest BCUT2D eigenvalue weighted by molar-refractivity contribution is 7.95. The number of thiazole rings is 1. The first kappa shape index (κ1) is 6.93. The Balaban J connectivity index is 2.89. The van der Waals surface area contributed by atoms with Gasteiger partial charge in [0.1, 0.15) is 4.21 Å². The molecule has 0 spiro atoms. The molecule has 0 saturated carbocycles. The van der Waals surface area contributed by atoms with Gasteiger partial charge in [-0.15, -0.1) is 11.3 Å². The van der Waals surface area contributed by atoms with Gasteiger partial charge >= 0.3 is 5.91 Å². The van der Waals surface area contributed by atoms with Crippen molar-refractivity contribution in [1.29, 1.82) is 0 Å². The molecular weight excluding hydrogens is 184 g/mol. The van der Waals surface area contributed by atoms with E-state index in [0.29, 0.717) is 4.21 Å². The summed E-state index contributed by atoms with van der Waals surface area (Å²) in [7, 11) is -2.43. The maximum Gasteiger partial charge on any atom is 0.306 e. The number of hydrogen-bond acceptors (Lipinski definition) is 4. The second kappa shape index (κ2) is 1.89. The number of fused-ring (bicyclic) bond motifs is 1. The summed E-state index contributed by atoms with van der Waals surface area (Å²) >= 11 is 1.22. The second-order valence-corrected chi connectivity index (χ2v) is 5.50. The number of aromatic nitrogens is 1. The SMILES string of the molecule is CS1(=O)=NC(=O)c2ncsc21. The Labute approximate surface area is 67.5 Å². The minimum Gasteiger partial charge on any atom is -0.264 e. The van der Waals surface area contributed by atoms with Crippen molar-refractivity contribution in [3.63, 3.8) is 0 Å². The molecule has 0 bridgehead atoms. The molecule has 1 aliphatic heterocycles. The van der Waals surface area contributed by atoms with Gasteiger partial charge in [0.2, 0.25) is 0 Å². The molecule has 1 aliphatic rings. The first-order chi connectivity index (χ1) is 5.11. The van der Waals surface area contributed by atoms with Gasteiger partial charge in [-0.2, -0.15) is 4.36 Å². The van der Waals surface area contributed by atoms with Gasteiger partial charge in [-0.3, -0.25) is 4.79 Å². The normalized spacial score (nSPS) is 28.3. The lowest BCUT2D eigenvalue weighted by atomic mass is 10.5. The molecule has 0 N–H and O–H groups in total. The van der Waals surface area contributed by atoms with Gasteiger partial charge in [0.15, 0.2) is 5.69 Å². The topological polar surface area (TPSA) is 59.4 Å². The van der Waals surface area contributed by atoms with E-state index in [1.165, 1.54) is 23.1 Å². The number of amides is 1. The summed E-state index contributed by atoms with van der Waals surface area (Å²) in [6.45, 7) is 0. The Hall–Kier alpha value is -0.750. The molecule has 1 aromatic rings. The van der Waals surface area contributed by atoms with E-state index in [9.17, 15) is 9.00 Å². The fraction of sp³-hybridized carbons (Fsp3) is 0.200. The highest BCUT2D eigenvalue weighted by Gasteiger charge is 2.28. The molecule has 0 saturated heterocycles. The summed E-state index contributed by atoms with van der Waals surface area (Å²) in [5, 5.41) is 0. The molecule has 1 atom stereocenters. The zero-order valence-corrected chi connectivity index (χ0v) is 7.24. The van der Waals surface area contributed by atoms with Crippen molar-refractivity contribution in [2.24, 2.45) is 4.36 Å². The Kier molecular flexibility index (Phi) is 1.19. The molecule has 6 heteroatoms. The molecule has 58 valence electrons. The third kappa shape index (κ3) is 0.827. The third-order valence-electron chi connectivity index (χ3n) is 1.34. The standard InChI is InChI=1S/C5H4N2O2S2/c1-11(9)5-3(4(8)7-11)6-2-10-5/h2H,1H3. The van der Waals surface area contributed by atoms with Gasteiger partial charge in [0.05, 0.1) is 15.2 Å². The van der Waals surface area contributed by atoms with E-state index in [4.69, 9.17) is 0 Å². The summed E-state index contributed by atoms with van der Waals surface area (Å²) in [6.07, 6.45) is 1.45. The van der Waals surface area contributed by atoms with E-state index in [-0.39, 0.29) is 5.69 Å². The van der Waals surface area contributed by atoms with Crippen LogP contribution in [-0.2, 0) is 9.73 Å². The number of carbonyl (C=O) groups is 1. The van der Waals surface area contributed by atoms with Crippen LogP contribution in [0.4, 0.5) is 0 Å². The molecule has 1 aromatic heterocycles. The summed E-state index contributed by atoms with van der Waals surface area (Å²) in [6, 6.07) is 0. The zero-order valence-electron chi connectivity index (χ0n) is 5.60. The predicted molar refractivity (Wildman–Crippen MR) is 41.2 cm³/mol. The van der Waals surface area contributed by atoms with E-state index >= 15 is 0 Å². The number of rotatable bonds is 0. The first-order valence-electron chi connectivity index (χ1n) is 2.81. The smallest absolute Gasteiger partial charge is 0.264 e. The average molecular weight is 188 g/mol. The summed E-state index contributed by atoms with van der Waals surface area (Å²) in [5.74, 6) is -0.450. The summed E-state index contributed by atoms with van der Waals surface area (Å²) < 4.78 is 15.5. The molecule has 1 amide bonds. The Bertz CT molecular complexity index is 439. The largest absolute Gasteiger partial charge is 0.306 e. The maximum absolute atomic E-state index is 11.5. The van der Waals surface area contributed by atoms with Crippen molar-refractivity contribution < 1.29 is 9.00 Å². The van der Waals surface area contributed by atoms with Crippen LogP contribution >= 0.6 is 11.3 Å². The van der Waals surface area contributed by atoms with Crippen LogP contribution in [0.3, 0.4) is 0 Å². The molecule has 2 rings (SSSR count). The molecule has 0 aromatic carbocycles. The zero-order chi connectivity index (χ0) is 8.06. The highest BCUT2D eigenvalue weighted by Crippen LogP contribution is 2.27. The quantitative estimate of drug-likeness (QED) is 0.603. The molecule has 0 fully saturated rings. The third-order valence-corrected chi connectivity index (χ3v) is 4.57. The molecule has 0 aliphatic carbocycles. The van der Waals surface area contributed by atoms with Gasteiger partial charge in [-0.1, -0.05) is 0 Å². The van der Waals surface area contributed by atoms with Gasteiger partial charge in [-0.25, -0.2) is 9.19 Å².